The van der Waals surface area contributed by atoms with Crippen LogP contribution in [-0.2, 0) is 10.0 Å². The molecule has 1 atom stereocenters. The standard InChI is InChI=1S/C12H18ClFN2O2S/c1-8(2)15-7-9(3)19(17,18)16-12-5-4-10(14)6-11(12)13/h4-6,8-9,15-16H,7H2,1-3H3. The Labute approximate surface area is 118 Å². The third kappa shape index (κ3) is 4.97. The number of sulfonamides is 1. The Kier molecular flexibility index (Phi) is 5.58. The van der Waals surface area contributed by atoms with E-state index in [9.17, 15) is 12.8 Å². The van der Waals surface area contributed by atoms with Gasteiger partial charge in [0.15, 0.2) is 0 Å². The van der Waals surface area contributed by atoms with Crippen LogP contribution in [-0.4, -0.2) is 26.3 Å². The molecule has 0 aliphatic heterocycles. The summed E-state index contributed by atoms with van der Waals surface area (Å²) < 4.78 is 39.3. The molecule has 0 aliphatic carbocycles. The fourth-order valence-electron chi connectivity index (χ4n) is 1.34. The molecule has 0 radical (unpaired) electrons. The summed E-state index contributed by atoms with van der Waals surface area (Å²) in [5, 5.41) is 2.45. The first-order valence-electron chi connectivity index (χ1n) is 5.92. The number of anilines is 1. The molecule has 1 rings (SSSR count). The van der Waals surface area contributed by atoms with Crippen molar-refractivity contribution in [1.29, 1.82) is 0 Å². The van der Waals surface area contributed by atoms with Gasteiger partial charge in [-0.1, -0.05) is 25.4 Å². The smallest absolute Gasteiger partial charge is 0.236 e. The Morgan fingerprint density at radius 2 is 1.95 bits per heavy atom. The second-order valence-corrected chi connectivity index (χ2v) is 7.15. The normalized spacial score (nSPS) is 13.6. The maximum atomic E-state index is 12.9. The van der Waals surface area contributed by atoms with Crippen molar-refractivity contribution >= 4 is 27.3 Å². The third-order valence-corrected chi connectivity index (χ3v) is 4.57. The zero-order chi connectivity index (χ0) is 14.6. The molecule has 1 aromatic carbocycles. The van der Waals surface area contributed by atoms with E-state index in [1.54, 1.807) is 6.92 Å². The molecular formula is C12H18ClFN2O2S. The molecular weight excluding hydrogens is 291 g/mol. The van der Waals surface area contributed by atoms with E-state index >= 15 is 0 Å². The highest BCUT2D eigenvalue weighted by molar-refractivity contribution is 7.93. The summed E-state index contributed by atoms with van der Waals surface area (Å²) in [5.74, 6) is -0.512. The monoisotopic (exact) mass is 308 g/mol. The van der Waals surface area contributed by atoms with E-state index in [0.29, 0.717) is 6.54 Å². The lowest BCUT2D eigenvalue weighted by molar-refractivity contribution is 0.553. The second kappa shape index (κ2) is 6.54. The van der Waals surface area contributed by atoms with Crippen molar-refractivity contribution in [2.75, 3.05) is 11.3 Å². The van der Waals surface area contributed by atoms with Crippen LogP contribution < -0.4 is 10.0 Å². The van der Waals surface area contributed by atoms with Crippen molar-refractivity contribution in [2.24, 2.45) is 0 Å². The highest BCUT2D eigenvalue weighted by atomic mass is 35.5. The highest BCUT2D eigenvalue weighted by Gasteiger charge is 2.21. The van der Waals surface area contributed by atoms with E-state index in [4.69, 9.17) is 11.6 Å². The lowest BCUT2D eigenvalue weighted by atomic mass is 10.3. The van der Waals surface area contributed by atoms with Gasteiger partial charge in [-0.05, 0) is 25.1 Å². The Morgan fingerprint density at radius 1 is 1.32 bits per heavy atom. The number of benzene rings is 1. The minimum Gasteiger partial charge on any atom is -0.313 e. The Bertz CT molecular complexity index is 535. The second-order valence-electron chi connectivity index (χ2n) is 4.64. The molecule has 2 N–H and O–H groups in total. The molecule has 4 nitrogen and oxygen atoms in total. The molecule has 1 aromatic rings. The van der Waals surface area contributed by atoms with Crippen LogP contribution in [0.3, 0.4) is 0 Å². The van der Waals surface area contributed by atoms with Crippen LogP contribution >= 0.6 is 11.6 Å². The van der Waals surface area contributed by atoms with Crippen molar-refractivity contribution in [3.63, 3.8) is 0 Å². The van der Waals surface area contributed by atoms with Crippen molar-refractivity contribution in [2.45, 2.75) is 32.1 Å². The zero-order valence-corrected chi connectivity index (χ0v) is 12.6. The van der Waals surface area contributed by atoms with E-state index in [2.05, 4.69) is 10.0 Å². The van der Waals surface area contributed by atoms with Gasteiger partial charge in [0.2, 0.25) is 10.0 Å². The van der Waals surface area contributed by atoms with Gasteiger partial charge in [0, 0.05) is 12.6 Å². The average molecular weight is 309 g/mol. The SMILES string of the molecule is CC(C)NCC(C)S(=O)(=O)Nc1ccc(F)cc1Cl. The van der Waals surface area contributed by atoms with Crippen LogP contribution in [0.15, 0.2) is 18.2 Å². The molecule has 0 amide bonds. The maximum Gasteiger partial charge on any atom is 0.236 e. The van der Waals surface area contributed by atoms with Crippen LogP contribution in [0.2, 0.25) is 5.02 Å². The maximum absolute atomic E-state index is 12.9. The van der Waals surface area contributed by atoms with Gasteiger partial charge in [-0.3, -0.25) is 4.72 Å². The Morgan fingerprint density at radius 3 is 2.47 bits per heavy atom. The lowest BCUT2D eigenvalue weighted by Gasteiger charge is -2.17. The molecule has 0 aliphatic rings. The summed E-state index contributed by atoms with van der Waals surface area (Å²) in [6, 6.07) is 3.72. The number of rotatable bonds is 6. The minimum atomic E-state index is -3.56. The van der Waals surface area contributed by atoms with Gasteiger partial charge in [-0.2, -0.15) is 0 Å². The highest BCUT2D eigenvalue weighted by Crippen LogP contribution is 2.24. The van der Waals surface area contributed by atoms with Crippen molar-refractivity contribution in [3.05, 3.63) is 29.0 Å². The summed E-state index contributed by atoms with van der Waals surface area (Å²) in [4.78, 5) is 0. The van der Waals surface area contributed by atoms with Gasteiger partial charge in [0.25, 0.3) is 0 Å². The molecule has 0 saturated carbocycles. The quantitative estimate of drug-likeness (QED) is 0.849. The fourth-order valence-corrected chi connectivity index (χ4v) is 2.61. The van der Waals surface area contributed by atoms with Crippen molar-refractivity contribution in [1.82, 2.24) is 5.32 Å². The molecule has 0 aromatic heterocycles. The number of nitrogens with one attached hydrogen (secondary N) is 2. The van der Waals surface area contributed by atoms with E-state index in [-0.39, 0.29) is 16.8 Å². The third-order valence-electron chi connectivity index (χ3n) is 2.53. The number of hydrogen-bond donors (Lipinski definition) is 2. The number of hydrogen-bond acceptors (Lipinski definition) is 3. The van der Waals surface area contributed by atoms with Gasteiger partial charge < -0.3 is 5.32 Å². The minimum absolute atomic E-state index is 0.0348. The summed E-state index contributed by atoms with van der Waals surface area (Å²) >= 11 is 5.79. The molecule has 0 bridgehead atoms. The van der Waals surface area contributed by atoms with Gasteiger partial charge in [0.05, 0.1) is 16.0 Å². The van der Waals surface area contributed by atoms with Gasteiger partial charge in [0.1, 0.15) is 5.82 Å². The van der Waals surface area contributed by atoms with Crippen LogP contribution in [0.5, 0.6) is 0 Å². The van der Waals surface area contributed by atoms with E-state index in [0.717, 1.165) is 12.1 Å². The van der Waals surface area contributed by atoms with Crippen molar-refractivity contribution < 1.29 is 12.8 Å². The zero-order valence-electron chi connectivity index (χ0n) is 11.1. The Balaban J connectivity index is 2.78. The molecule has 108 valence electrons. The largest absolute Gasteiger partial charge is 0.313 e. The molecule has 1 unspecified atom stereocenters. The van der Waals surface area contributed by atoms with Crippen LogP contribution in [0.25, 0.3) is 0 Å². The molecule has 0 heterocycles. The van der Waals surface area contributed by atoms with E-state index in [1.807, 2.05) is 13.8 Å². The molecule has 0 fully saturated rings. The summed E-state index contributed by atoms with van der Waals surface area (Å²) in [5.41, 5.74) is 0.180. The first kappa shape index (κ1) is 16.2. The fraction of sp³-hybridized carbons (Fsp3) is 0.500. The topological polar surface area (TPSA) is 58.2 Å². The lowest BCUT2D eigenvalue weighted by Crippen LogP contribution is -2.37. The summed E-state index contributed by atoms with van der Waals surface area (Å²) in [6.45, 7) is 5.79. The first-order chi connectivity index (χ1) is 8.72. The molecule has 7 heteroatoms. The van der Waals surface area contributed by atoms with Crippen LogP contribution in [0, 0.1) is 5.82 Å². The summed E-state index contributed by atoms with van der Waals surface area (Å²) in [6.07, 6.45) is 0. The Hall–Kier alpha value is -0.850. The van der Waals surface area contributed by atoms with Gasteiger partial charge in [-0.15, -0.1) is 0 Å². The average Bonchev–Trinajstić information content (AvgIpc) is 2.29. The van der Waals surface area contributed by atoms with Crippen molar-refractivity contribution in [3.8, 4) is 0 Å². The number of halogens is 2. The predicted octanol–water partition coefficient (Wildman–Crippen LogP) is 2.61. The molecule has 19 heavy (non-hydrogen) atoms. The predicted molar refractivity (Wildman–Crippen MR) is 76.6 cm³/mol. The molecule has 0 spiro atoms. The molecule has 0 saturated heterocycles. The van der Waals surface area contributed by atoms with Crippen LogP contribution in [0.4, 0.5) is 10.1 Å². The summed E-state index contributed by atoms with van der Waals surface area (Å²) in [7, 11) is -3.56. The van der Waals surface area contributed by atoms with Gasteiger partial charge in [-0.25, -0.2) is 12.8 Å². The van der Waals surface area contributed by atoms with E-state index in [1.165, 1.54) is 6.07 Å². The first-order valence-corrected chi connectivity index (χ1v) is 7.85. The van der Waals surface area contributed by atoms with Gasteiger partial charge >= 0.3 is 0 Å². The van der Waals surface area contributed by atoms with E-state index < -0.39 is 21.1 Å². The van der Waals surface area contributed by atoms with Crippen LogP contribution in [0.1, 0.15) is 20.8 Å².